The Morgan fingerprint density at radius 3 is 2.65 bits per heavy atom. The molecule has 0 amide bonds. The van der Waals surface area contributed by atoms with Crippen molar-refractivity contribution in [3.8, 4) is 0 Å². The highest BCUT2D eigenvalue weighted by molar-refractivity contribution is 5.40. The third kappa shape index (κ3) is 3.63. The Bertz CT molecular complexity index is 343. The lowest BCUT2D eigenvalue weighted by Gasteiger charge is -2.22. The van der Waals surface area contributed by atoms with Crippen molar-refractivity contribution in [1.82, 2.24) is 15.3 Å². The molecule has 0 unspecified atom stereocenters. The van der Waals surface area contributed by atoms with E-state index in [2.05, 4.69) is 22.2 Å². The standard InChI is InChI=1S/C12H21FN4/c1-4-10-11(13)12(16-9-15-10)17(6-3)8-7-14-5-2/h9,14H,4-8H2,1-3H3. The first-order valence-corrected chi connectivity index (χ1v) is 6.19. The SMILES string of the molecule is CCNCCN(CC)c1ncnc(CC)c1F. The molecule has 1 heterocycles. The Hall–Kier alpha value is -1.23. The molecule has 0 saturated heterocycles. The summed E-state index contributed by atoms with van der Waals surface area (Å²) in [5.74, 6) is 0.130. The van der Waals surface area contributed by atoms with E-state index in [0.717, 1.165) is 26.2 Å². The number of hydrogen-bond donors (Lipinski definition) is 1. The molecule has 5 heteroatoms. The fourth-order valence-corrected chi connectivity index (χ4v) is 1.67. The molecule has 0 atom stereocenters. The molecule has 1 N–H and O–H groups in total. The summed E-state index contributed by atoms with van der Waals surface area (Å²) in [4.78, 5) is 9.92. The fraction of sp³-hybridized carbons (Fsp3) is 0.667. The van der Waals surface area contributed by atoms with Gasteiger partial charge in [0.2, 0.25) is 0 Å². The van der Waals surface area contributed by atoms with Crippen molar-refractivity contribution in [3.63, 3.8) is 0 Å². The Morgan fingerprint density at radius 2 is 2.06 bits per heavy atom. The van der Waals surface area contributed by atoms with Crippen molar-refractivity contribution in [3.05, 3.63) is 17.8 Å². The van der Waals surface area contributed by atoms with Gasteiger partial charge in [0.05, 0.1) is 5.69 Å². The van der Waals surface area contributed by atoms with Crippen LogP contribution in [0.2, 0.25) is 0 Å². The molecular weight excluding hydrogens is 219 g/mol. The average Bonchev–Trinajstić information content (AvgIpc) is 2.36. The molecule has 0 aliphatic rings. The van der Waals surface area contributed by atoms with Gasteiger partial charge in [-0.3, -0.25) is 0 Å². The summed E-state index contributed by atoms with van der Waals surface area (Å²) >= 11 is 0. The lowest BCUT2D eigenvalue weighted by molar-refractivity contribution is 0.580. The maximum atomic E-state index is 14.0. The van der Waals surface area contributed by atoms with Gasteiger partial charge in [0.1, 0.15) is 6.33 Å². The number of halogens is 1. The van der Waals surface area contributed by atoms with Gasteiger partial charge in [0.15, 0.2) is 11.6 Å². The quantitative estimate of drug-likeness (QED) is 0.735. The molecular formula is C12H21FN4. The van der Waals surface area contributed by atoms with Crippen LogP contribution in [0.4, 0.5) is 10.2 Å². The summed E-state index contributed by atoms with van der Waals surface area (Å²) in [6, 6.07) is 0. The third-order valence-electron chi connectivity index (χ3n) is 2.67. The monoisotopic (exact) mass is 240 g/mol. The predicted molar refractivity (Wildman–Crippen MR) is 67.8 cm³/mol. The first-order valence-electron chi connectivity index (χ1n) is 6.19. The van der Waals surface area contributed by atoms with E-state index in [-0.39, 0.29) is 5.82 Å². The van der Waals surface area contributed by atoms with E-state index in [1.54, 1.807) is 0 Å². The molecule has 0 spiro atoms. The summed E-state index contributed by atoms with van der Waals surface area (Å²) < 4.78 is 14.0. The van der Waals surface area contributed by atoms with Gasteiger partial charge in [0.25, 0.3) is 0 Å². The van der Waals surface area contributed by atoms with Crippen LogP contribution in [-0.4, -0.2) is 36.1 Å². The van der Waals surface area contributed by atoms with Crippen molar-refractivity contribution in [2.45, 2.75) is 27.2 Å². The fourth-order valence-electron chi connectivity index (χ4n) is 1.67. The molecule has 0 aliphatic carbocycles. The van der Waals surface area contributed by atoms with Crippen molar-refractivity contribution >= 4 is 5.82 Å². The molecule has 96 valence electrons. The highest BCUT2D eigenvalue weighted by Crippen LogP contribution is 2.17. The Labute approximate surface area is 102 Å². The van der Waals surface area contributed by atoms with Crippen LogP contribution >= 0.6 is 0 Å². The van der Waals surface area contributed by atoms with Crippen LogP contribution in [0.5, 0.6) is 0 Å². The Kier molecular flexibility index (Phi) is 5.83. The van der Waals surface area contributed by atoms with Crippen molar-refractivity contribution in [2.24, 2.45) is 0 Å². The number of likely N-dealkylation sites (N-methyl/N-ethyl adjacent to an activating group) is 2. The lowest BCUT2D eigenvalue weighted by atomic mass is 10.3. The maximum Gasteiger partial charge on any atom is 0.187 e. The Morgan fingerprint density at radius 1 is 1.29 bits per heavy atom. The average molecular weight is 240 g/mol. The molecule has 17 heavy (non-hydrogen) atoms. The first kappa shape index (κ1) is 13.8. The zero-order valence-electron chi connectivity index (χ0n) is 10.8. The first-order chi connectivity index (χ1) is 8.24. The number of nitrogens with one attached hydrogen (secondary N) is 1. The summed E-state index contributed by atoms with van der Waals surface area (Å²) in [6.07, 6.45) is 2.03. The van der Waals surface area contributed by atoms with Crippen LogP contribution < -0.4 is 10.2 Å². The third-order valence-corrected chi connectivity index (χ3v) is 2.67. The van der Waals surface area contributed by atoms with Gasteiger partial charge in [-0.2, -0.15) is 0 Å². The second-order valence-corrected chi connectivity index (χ2v) is 3.74. The molecule has 0 aromatic carbocycles. The molecule has 1 aromatic rings. The van der Waals surface area contributed by atoms with Crippen LogP contribution in [0, 0.1) is 5.82 Å². The maximum absolute atomic E-state index is 14.0. The van der Waals surface area contributed by atoms with Crippen LogP contribution in [0.25, 0.3) is 0 Å². The molecule has 0 radical (unpaired) electrons. The van der Waals surface area contributed by atoms with Crippen LogP contribution in [0.1, 0.15) is 26.5 Å². The minimum atomic E-state index is -0.284. The molecule has 0 bridgehead atoms. The minimum absolute atomic E-state index is 0.284. The van der Waals surface area contributed by atoms with Crippen LogP contribution in [-0.2, 0) is 6.42 Å². The van der Waals surface area contributed by atoms with E-state index in [4.69, 9.17) is 0 Å². The van der Waals surface area contributed by atoms with E-state index in [1.165, 1.54) is 6.33 Å². The number of aromatic nitrogens is 2. The summed E-state index contributed by atoms with van der Waals surface area (Å²) in [7, 11) is 0. The lowest BCUT2D eigenvalue weighted by Crippen LogP contribution is -2.33. The van der Waals surface area contributed by atoms with Crippen molar-refractivity contribution in [1.29, 1.82) is 0 Å². The second kappa shape index (κ2) is 7.17. The van der Waals surface area contributed by atoms with Gasteiger partial charge in [-0.05, 0) is 19.9 Å². The molecule has 1 aromatic heterocycles. The number of anilines is 1. The van der Waals surface area contributed by atoms with Crippen LogP contribution in [0.3, 0.4) is 0 Å². The topological polar surface area (TPSA) is 41.0 Å². The molecule has 0 saturated carbocycles. The van der Waals surface area contributed by atoms with Crippen molar-refractivity contribution < 1.29 is 4.39 Å². The molecule has 4 nitrogen and oxygen atoms in total. The van der Waals surface area contributed by atoms with Gasteiger partial charge >= 0.3 is 0 Å². The van der Waals surface area contributed by atoms with E-state index in [0.29, 0.717) is 17.9 Å². The second-order valence-electron chi connectivity index (χ2n) is 3.74. The van der Waals surface area contributed by atoms with Crippen LogP contribution in [0.15, 0.2) is 6.33 Å². The minimum Gasteiger partial charge on any atom is -0.353 e. The molecule has 0 aliphatic heterocycles. The summed E-state index contributed by atoms with van der Waals surface area (Å²) in [5, 5.41) is 3.22. The zero-order chi connectivity index (χ0) is 12.7. The molecule has 1 rings (SSSR count). The summed E-state index contributed by atoms with van der Waals surface area (Å²) in [6.45, 7) is 9.18. The smallest absolute Gasteiger partial charge is 0.187 e. The Balaban J connectivity index is 2.80. The largest absolute Gasteiger partial charge is 0.353 e. The van der Waals surface area contributed by atoms with Gasteiger partial charge in [-0.1, -0.05) is 13.8 Å². The van der Waals surface area contributed by atoms with E-state index >= 15 is 0 Å². The van der Waals surface area contributed by atoms with Gasteiger partial charge in [0, 0.05) is 19.6 Å². The van der Waals surface area contributed by atoms with E-state index < -0.39 is 0 Å². The summed E-state index contributed by atoms with van der Waals surface area (Å²) in [5.41, 5.74) is 0.483. The van der Waals surface area contributed by atoms with Gasteiger partial charge < -0.3 is 10.2 Å². The predicted octanol–water partition coefficient (Wildman–Crippen LogP) is 1.61. The van der Waals surface area contributed by atoms with Crippen molar-refractivity contribution in [2.75, 3.05) is 31.1 Å². The number of hydrogen-bond acceptors (Lipinski definition) is 4. The number of rotatable bonds is 7. The van der Waals surface area contributed by atoms with E-state index in [9.17, 15) is 4.39 Å². The number of aryl methyl sites for hydroxylation is 1. The van der Waals surface area contributed by atoms with Gasteiger partial charge in [-0.15, -0.1) is 0 Å². The number of nitrogens with zero attached hydrogens (tertiary/aromatic N) is 3. The van der Waals surface area contributed by atoms with E-state index in [1.807, 2.05) is 18.7 Å². The normalized spacial score (nSPS) is 10.6. The highest BCUT2D eigenvalue weighted by Gasteiger charge is 2.14. The van der Waals surface area contributed by atoms with Gasteiger partial charge in [-0.25, -0.2) is 14.4 Å². The molecule has 0 fully saturated rings. The zero-order valence-corrected chi connectivity index (χ0v) is 10.8. The highest BCUT2D eigenvalue weighted by atomic mass is 19.1.